The van der Waals surface area contributed by atoms with Crippen molar-refractivity contribution in [2.45, 2.75) is 6.04 Å². The first-order valence-electron chi connectivity index (χ1n) is 6.23. The van der Waals surface area contributed by atoms with Gasteiger partial charge in [-0.2, -0.15) is 0 Å². The molecule has 0 aliphatic heterocycles. The number of pyridine rings is 1. The van der Waals surface area contributed by atoms with Gasteiger partial charge in [-0.15, -0.1) is 0 Å². The zero-order valence-electron chi connectivity index (χ0n) is 11.3. The molecule has 1 atom stereocenters. The van der Waals surface area contributed by atoms with Crippen LogP contribution < -0.4 is 5.32 Å². The predicted molar refractivity (Wildman–Crippen MR) is 80.6 cm³/mol. The van der Waals surface area contributed by atoms with Crippen LogP contribution in [0.3, 0.4) is 0 Å². The van der Waals surface area contributed by atoms with Crippen LogP contribution in [0.5, 0.6) is 0 Å². The standard InChI is InChI=1S/C14H14ClN3O3/c1-21-9-11(10-5-3-2-4-6-10)16-14-12(18(19)20)7-8-13(15)17-14/h2-8,11H,9H2,1H3,(H,16,17)/t11-/m0/s1. The topological polar surface area (TPSA) is 77.3 Å². The van der Waals surface area contributed by atoms with Crippen molar-refractivity contribution in [3.63, 3.8) is 0 Å². The first-order valence-corrected chi connectivity index (χ1v) is 6.61. The lowest BCUT2D eigenvalue weighted by atomic mass is 10.1. The van der Waals surface area contributed by atoms with E-state index >= 15 is 0 Å². The van der Waals surface area contributed by atoms with E-state index in [1.54, 1.807) is 7.11 Å². The van der Waals surface area contributed by atoms with E-state index in [2.05, 4.69) is 10.3 Å². The van der Waals surface area contributed by atoms with E-state index in [1.807, 2.05) is 30.3 Å². The average Bonchev–Trinajstić information content (AvgIpc) is 2.47. The van der Waals surface area contributed by atoms with Crippen molar-refractivity contribution in [3.8, 4) is 0 Å². The second-order valence-electron chi connectivity index (χ2n) is 4.32. The van der Waals surface area contributed by atoms with Gasteiger partial charge in [-0.1, -0.05) is 41.9 Å². The van der Waals surface area contributed by atoms with Crippen molar-refractivity contribution in [2.24, 2.45) is 0 Å². The maximum Gasteiger partial charge on any atom is 0.311 e. The first-order chi connectivity index (χ1) is 10.1. The number of nitro groups is 1. The summed E-state index contributed by atoms with van der Waals surface area (Å²) in [6.07, 6.45) is 0. The third-order valence-electron chi connectivity index (χ3n) is 2.88. The summed E-state index contributed by atoms with van der Waals surface area (Å²) in [7, 11) is 1.57. The molecule has 0 amide bonds. The van der Waals surface area contributed by atoms with Crippen LogP contribution in [-0.4, -0.2) is 23.6 Å². The molecule has 0 saturated carbocycles. The number of halogens is 1. The minimum absolute atomic E-state index is 0.124. The van der Waals surface area contributed by atoms with Gasteiger partial charge in [0, 0.05) is 13.2 Å². The summed E-state index contributed by atoms with van der Waals surface area (Å²) >= 11 is 5.82. The van der Waals surface area contributed by atoms with E-state index < -0.39 is 4.92 Å². The van der Waals surface area contributed by atoms with E-state index in [1.165, 1.54) is 12.1 Å². The Morgan fingerprint density at radius 3 is 2.67 bits per heavy atom. The zero-order chi connectivity index (χ0) is 15.2. The summed E-state index contributed by atoms with van der Waals surface area (Å²) in [4.78, 5) is 14.6. The minimum Gasteiger partial charge on any atom is -0.382 e. The van der Waals surface area contributed by atoms with Crippen molar-refractivity contribution in [2.75, 3.05) is 19.0 Å². The molecule has 2 rings (SSSR count). The van der Waals surface area contributed by atoms with Crippen LogP contribution >= 0.6 is 11.6 Å². The van der Waals surface area contributed by atoms with E-state index in [9.17, 15) is 10.1 Å². The number of benzene rings is 1. The number of nitrogens with one attached hydrogen (secondary N) is 1. The molecule has 0 radical (unpaired) electrons. The molecule has 0 unspecified atom stereocenters. The van der Waals surface area contributed by atoms with Gasteiger partial charge < -0.3 is 10.1 Å². The molecule has 0 aliphatic rings. The lowest BCUT2D eigenvalue weighted by Crippen LogP contribution is -2.17. The van der Waals surface area contributed by atoms with Crippen LogP contribution in [0.1, 0.15) is 11.6 Å². The third-order valence-corrected chi connectivity index (χ3v) is 3.09. The number of anilines is 1. The second-order valence-corrected chi connectivity index (χ2v) is 4.71. The highest BCUT2D eigenvalue weighted by atomic mass is 35.5. The molecule has 1 heterocycles. The molecule has 0 spiro atoms. The van der Waals surface area contributed by atoms with E-state index in [0.717, 1.165) is 5.56 Å². The minimum atomic E-state index is -0.499. The Hall–Kier alpha value is -2.18. The summed E-state index contributed by atoms with van der Waals surface area (Å²) in [6, 6.07) is 11.9. The molecule has 0 bridgehead atoms. The summed E-state index contributed by atoms with van der Waals surface area (Å²) in [5.41, 5.74) is 0.812. The molecule has 21 heavy (non-hydrogen) atoms. The normalized spacial score (nSPS) is 11.9. The summed E-state index contributed by atoms with van der Waals surface area (Å²) < 4.78 is 5.17. The highest BCUT2D eigenvalue weighted by molar-refractivity contribution is 6.29. The van der Waals surface area contributed by atoms with Crippen molar-refractivity contribution >= 4 is 23.1 Å². The molecule has 0 saturated heterocycles. The fraction of sp³-hybridized carbons (Fsp3) is 0.214. The van der Waals surface area contributed by atoms with Gasteiger partial charge in [-0.3, -0.25) is 10.1 Å². The fourth-order valence-electron chi connectivity index (χ4n) is 1.92. The number of aromatic nitrogens is 1. The maximum atomic E-state index is 11.1. The Labute approximate surface area is 126 Å². The number of rotatable bonds is 6. The van der Waals surface area contributed by atoms with Gasteiger partial charge in [0.25, 0.3) is 0 Å². The summed E-state index contributed by atoms with van der Waals surface area (Å²) in [5, 5.41) is 14.3. The van der Waals surface area contributed by atoms with E-state index in [0.29, 0.717) is 6.61 Å². The van der Waals surface area contributed by atoms with Gasteiger partial charge in [0.1, 0.15) is 5.15 Å². The van der Waals surface area contributed by atoms with Crippen LogP contribution in [0, 0.1) is 10.1 Å². The van der Waals surface area contributed by atoms with Crippen LogP contribution in [-0.2, 0) is 4.74 Å². The van der Waals surface area contributed by atoms with Crippen molar-refractivity contribution in [1.82, 2.24) is 4.98 Å². The molecule has 7 heteroatoms. The number of hydrogen-bond donors (Lipinski definition) is 1. The average molecular weight is 308 g/mol. The molecule has 1 aromatic carbocycles. The number of nitrogens with zero attached hydrogens (tertiary/aromatic N) is 2. The Bertz CT molecular complexity index is 622. The Morgan fingerprint density at radius 1 is 1.33 bits per heavy atom. The van der Waals surface area contributed by atoms with Crippen LogP contribution in [0.25, 0.3) is 0 Å². The molecule has 2 aromatic rings. The number of methoxy groups -OCH3 is 1. The van der Waals surface area contributed by atoms with Crippen LogP contribution in [0.4, 0.5) is 11.5 Å². The molecule has 0 aliphatic carbocycles. The smallest absolute Gasteiger partial charge is 0.311 e. The molecule has 1 aromatic heterocycles. The summed E-state index contributed by atoms with van der Waals surface area (Å²) in [6.45, 7) is 0.343. The molecular weight excluding hydrogens is 294 g/mol. The highest BCUT2D eigenvalue weighted by Gasteiger charge is 2.20. The van der Waals surface area contributed by atoms with Gasteiger partial charge >= 0.3 is 5.69 Å². The van der Waals surface area contributed by atoms with Gasteiger partial charge in [-0.25, -0.2) is 4.98 Å². The largest absolute Gasteiger partial charge is 0.382 e. The molecular formula is C14H14ClN3O3. The van der Waals surface area contributed by atoms with Crippen molar-refractivity contribution < 1.29 is 9.66 Å². The predicted octanol–water partition coefficient (Wildman–Crippen LogP) is 3.44. The monoisotopic (exact) mass is 307 g/mol. The van der Waals surface area contributed by atoms with E-state index in [-0.39, 0.29) is 22.7 Å². The molecule has 1 N–H and O–H groups in total. The lowest BCUT2D eigenvalue weighted by molar-refractivity contribution is -0.384. The first kappa shape index (κ1) is 15.2. The quantitative estimate of drug-likeness (QED) is 0.502. The Morgan fingerprint density at radius 2 is 2.05 bits per heavy atom. The van der Waals surface area contributed by atoms with Gasteiger partial charge in [-0.05, 0) is 11.6 Å². The maximum absolute atomic E-state index is 11.1. The number of ether oxygens (including phenoxy) is 1. The molecule has 110 valence electrons. The zero-order valence-corrected chi connectivity index (χ0v) is 12.1. The van der Waals surface area contributed by atoms with Crippen molar-refractivity contribution in [1.29, 1.82) is 0 Å². The Balaban J connectivity index is 2.33. The SMILES string of the molecule is COC[C@H](Nc1nc(Cl)ccc1[N+](=O)[O-])c1ccccc1. The molecule has 0 fully saturated rings. The van der Waals surface area contributed by atoms with Crippen LogP contribution in [0.15, 0.2) is 42.5 Å². The van der Waals surface area contributed by atoms with Crippen LogP contribution in [0.2, 0.25) is 5.15 Å². The van der Waals surface area contributed by atoms with Gasteiger partial charge in [0.15, 0.2) is 0 Å². The van der Waals surface area contributed by atoms with Crippen molar-refractivity contribution in [3.05, 3.63) is 63.3 Å². The summed E-state index contributed by atoms with van der Waals surface area (Å²) in [5.74, 6) is 0.124. The van der Waals surface area contributed by atoms with Gasteiger partial charge in [0.2, 0.25) is 5.82 Å². The molecule has 6 nitrogen and oxygen atoms in total. The van der Waals surface area contributed by atoms with E-state index in [4.69, 9.17) is 16.3 Å². The second kappa shape index (κ2) is 7.01. The number of hydrogen-bond acceptors (Lipinski definition) is 5. The Kier molecular flexibility index (Phi) is 5.08. The lowest BCUT2D eigenvalue weighted by Gasteiger charge is -2.19. The van der Waals surface area contributed by atoms with Gasteiger partial charge in [0.05, 0.1) is 17.6 Å². The fourth-order valence-corrected chi connectivity index (χ4v) is 2.07. The third kappa shape index (κ3) is 3.90. The highest BCUT2D eigenvalue weighted by Crippen LogP contribution is 2.28.